The predicted molar refractivity (Wildman–Crippen MR) is 56.9 cm³/mol. The third-order valence-electron chi connectivity index (χ3n) is 1.90. The van der Waals surface area contributed by atoms with Gasteiger partial charge in [-0.25, -0.2) is 4.79 Å². The molecule has 0 saturated carbocycles. The highest BCUT2D eigenvalue weighted by molar-refractivity contribution is 9.10. The van der Waals surface area contributed by atoms with Crippen LogP contribution in [0, 0.1) is 17.0 Å². The van der Waals surface area contributed by atoms with Crippen molar-refractivity contribution in [2.45, 2.75) is 6.92 Å². The molecule has 5 nitrogen and oxygen atoms in total. The number of hydrogen-bond acceptors (Lipinski definition) is 4. The van der Waals surface area contributed by atoms with Crippen LogP contribution in [0.4, 0.5) is 5.69 Å². The lowest BCUT2D eigenvalue weighted by molar-refractivity contribution is -0.385. The van der Waals surface area contributed by atoms with E-state index >= 15 is 0 Å². The molecule has 0 aliphatic rings. The molecule has 0 aromatic heterocycles. The summed E-state index contributed by atoms with van der Waals surface area (Å²) in [7, 11) is 1.18. The molecule has 0 amide bonds. The van der Waals surface area contributed by atoms with Gasteiger partial charge in [-0.2, -0.15) is 0 Å². The molecule has 0 bridgehead atoms. The summed E-state index contributed by atoms with van der Waals surface area (Å²) in [4.78, 5) is 21.6. The summed E-state index contributed by atoms with van der Waals surface area (Å²) >= 11 is 3.09. The highest BCUT2D eigenvalue weighted by Crippen LogP contribution is 2.30. The predicted octanol–water partition coefficient (Wildman–Crippen LogP) is 2.45. The number of nitro groups is 1. The minimum absolute atomic E-state index is 0.0532. The number of halogens is 1. The summed E-state index contributed by atoms with van der Waals surface area (Å²) in [5.74, 6) is -0.725. The van der Waals surface area contributed by atoms with Crippen molar-refractivity contribution in [3.63, 3.8) is 0 Å². The van der Waals surface area contributed by atoms with Gasteiger partial charge in [0, 0.05) is 10.0 Å². The first-order valence-corrected chi connectivity index (χ1v) is 4.80. The van der Waals surface area contributed by atoms with Gasteiger partial charge in [-0.1, -0.05) is 6.07 Å². The number of carbonyl (C=O) groups is 1. The Morgan fingerprint density at radius 1 is 1.53 bits per heavy atom. The fourth-order valence-electron chi connectivity index (χ4n) is 1.20. The van der Waals surface area contributed by atoms with Gasteiger partial charge in [0.2, 0.25) is 0 Å². The van der Waals surface area contributed by atoms with E-state index in [1.54, 1.807) is 19.1 Å². The van der Waals surface area contributed by atoms with Crippen LogP contribution in [0.25, 0.3) is 0 Å². The molecule has 80 valence electrons. The van der Waals surface area contributed by atoms with Crippen LogP contribution in [0.3, 0.4) is 0 Å². The summed E-state index contributed by atoms with van der Waals surface area (Å²) in [6, 6.07) is 3.14. The van der Waals surface area contributed by atoms with Crippen molar-refractivity contribution in [2.75, 3.05) is 7.11 Å². The monoisotopic (exact) mass is 273 g/mol. The molecule has 0 aliphatic heterocycles. The average Bonchev–Trinajstić information content (AvgIpc) is 2.19. The smallest absolute Gasteiger partial charge is 0.346 e. The van der Waals surface area contributed by atoms with Gasteiger partial charge in [0.05, 0.1) is 12.0 Å². The molecular weight excluding hydrogens is 266 g/mol. The Balaban J connectivity index is 3.52. The lowest BCUT2D eigenvalue weighted by atomic mass is 10.1. The third-order valence-corrected chi connectivity index (χ3v) is 2.56. The van der Waals surface area contributed by atoms with Crippen LogP contribution in [0.2, 0.25) is 0 Å². The maximum atomic E-state index is 11.4. The van der Waals surface area contributed by atoms with Crippen LogP contribution in [0.1, 0.15) is 15.9 Å². The van der Waals surface area contributed by atoms with Crippen LogP contribution < -0.4 is 0 Å². The van der Waals surface area contributed by atoms with Crippen LogP contribution in [-0.4, -0.2) is 18.0 Å². The Bertz CT molecular complexity index is 430. The molecule has 1 aromatic carbocycles. The molecular formula is C9H8BrNO4. The molecule has 1 aromatic rings. The van der Waals surface area contributed by atoms with E-state index < -0.39 is 10.9 Å². The summed E-state index contributed by atoms with van der Waals surface area (Å²) in [6.07, 6.45) is 0. The second-order valence-corrected chi connectivity index (χ2v) is 3.69. The van der Waals surface area contributed by atoms with Crippen molar-refractivity contribution in [3.05, 3.63) is 37.8 Å². The second-order valence-electron chi connectivity index (χ2n) is 2.84. The maximum Gasteiger partial charge on any atom is 0.346 e. The summed E-state index contributed by atoms with van der Waals surface area (Å²) in [5, 5.41) is 10.8. The molecule has 0 aliphatic carbocycles. The number of methoxy groups -OCH3 is 1. The minimum Gasteiger partial charge on any atom is -0.465 e. The molecule has 0 unspecified atom stereocenters. The van der Waals surface area contributed by atoms with Gasteiger partial charge < -0.3 is 4.74 Å². The van der Waals surface area contributed by atoms with E-state index in [-0.39, 0.29) is 11.3 Å². The number of rotatable bonds is 2. The molecule has 15 heavy (non-hydrogen) atoms. The lowest BCUT2D eigenvalue weighted by Gasteiger charge is -2.05. The Morgan fingerprint density at radius 2 is 2.13 bits per heavy atom. The standard InChI is InChI=1S/C9H8BrNO4/c1-5-3-4-6(10)7(9(12)15-2)8(5)11(13)14/h3-4H,1-2H3. The molecule has 0 fully saturated rings. The number of aryl methyl sites for hydroxylation is 1. The molecule has 0 heterocycles. The van der Waals surface area contributed by atoms with Crippen LogP contribution >= 0.6 is 15.9 Å². The summed E-state index contributed by atoms with van der Waals surface area (Å²) in [6.45, 7) is 1.57. The highest BCUT2D eigenvalue weighted by Gasteiger charge is 2.26. The van der Waals surface area contributed by atoms with Crippen molar-refractivity contribution >= 4 is 27.6 Å². The highest BCUT2D eigenvalue weighted by atomic mass is 79.9. The van der Waals surface area contributed by atoms with Crippen LogP contribution in [0.15, 0.2) is 16.6 Å². The van der Waals surface area contributed by atoms with E-state index in [9.17, 15) is 14.9 Å². The lowest BCUT2D eigenvalue weighted by Crippen LogP contribution is -2.08. The molecule has 0 N–H and O–H groups in total. The van der Waals surface area contributed by atoms with E-state index in [2.05, 4.69) is 20.7 Å². The van der Waals surface area contributed by atoms with Gasteiger partial charge in [-0.3, -0.25) is 10.1 Å². The van der Waals surface area contributed by atoms with E-state index in [1.165, 1.54) is 7.11 Å². The van der Waals surface area contributed by atoms with Crippen molar-refractivity contribution in [1.82, 2.24) is 0 Å². The molecule has 0 atom stereocenters. The SMILES string of the molecule is COC(=O)c1c(Br)ccc(C)c1[N+](=O)[O-]. The zero-order valence-electron chi connectivity index (χ0n) is 8.11. The Kier molecular flexibility index (Phi) is 3.41. The van der Waals surface area contributed by atoms with Gasteiger partial charge in [-0.05, 0) is 28.9 Å². The second kappa shape index (κ2) is 4.39. The zero-order valence-corrected chi connectivity index (χ0v) is 9.70. The first kappa shape index (κ1) is 11.6. The number of carbonyl (C=O) groups excluding carboxylic acids is 1. The fourth-order valence-corrected chi connectivity index (χ4v) is 1.68. The van der Waals surface area contributed by atoms with E-state index in [1.807, 2.05) is 0 Å². The largest absolute Gasteiger partial charge is 0.465 e. The number of hydrogen-bond donors (Lipinski definition) is 0. The molecule has 0 spiro atoms. The van der Waals surface area contributed by atoms with E-state index in [4.69, 9.17) is 0 Å². The first-order valence-electron chi connectivity index (χ1n) is 4.00. The molecule has 0 radical (unpaired) electrons. The van der Waals surface area contributed by atoms with E-state index in [0.717, 1.165) is 0 Å². The van der Waals surface area contributed by atoms with Gasteiger partial charge in [-0.15, -0.1) is 0 Å². The Hall–Kier alpha value is -1.43. The number of ether oxygens (including phenoxy) is 1. The fraction of sp³-hybridized carbons (Fsp3) is 0.222. The zero-order chi connectivity index (χ0) is 11.6. The third kappa shape index (κ3) is 2.15. The maximum absolute atomic E-state index is 11.4. The van der Waals surface area contributed by atoms with Gasteiger partial charge in [0.15, 0.2) is 5.56 Å². The summed E-state index contributed by atoms with van der Waals surface area (Å²) < 4.78 is 4.84. The van der Waals surface area contributed by atoms with Crippen LogP contribution in [-0.2, 0) is 4.74 Å². The Labute approximate surface area is 94.3 Å². The normalized spacial score (nSPS) is 9.80. The molecule has 1 rings (SSSR count). The van der Waals surface area contributed by atoms with Crippen molar-refractivity contribution < 1.29 is 14.5 Å². The van der Waals surface area contributed by atoms with Gasteiger partial charge >= 0.3 is 5.97 Å². The van der Waals surface area contributed by atoms with Gasteiger partial charge in [0.25, 0.3) is 5.69 Å². The number of esters is 1. The molecule has 0 saturated heterocycles. The van der Waals surface area contributed by atoms with Crippen LogP contribution in [0.5, 0.6) is 0 Å². The summed E-state index contributed by atoms with van der Waals surface area (Å²) in [5.41, 5.74) is 0.141. The van der Waals surface area contributed by atoms with Crippen molar-refractivity contribution in [1.29, 1.82) is 0 Å². The number of nitrogens with zero attached hydrogens (tertiary/aromatic N) is 1. The van der Waals surface area contributed by atoms with Gasteiger partial charge in [0.1, 0.15) is 0 Å². The first-order chi connectivity index (χ1) is 6.99. The topological polar surface area (TPSA) is 69.4 Å². The minimum atomic E-state index is -0.725. The Morgan fingerprint density at radius 3 is 2.60 bits per heavy atom. The molecule has 6 heteroatoms. The number of nitro benzene ring substituents is 1. The van der Waals surface area contributed by atoms with Crippen molar-refractivity contribution in [2.24, 2.45) is 0 Å². The van der Waals surface area contributed by atoms with E-state index in [0.29, 0.717) is 10.0 Å². The average molecular weight is 274 g/mol. The number of benzene rings is 1. The quantitative estimate of drug-likeness (QED) is 0.472. The van der Waals surface area contributed by atoms with Crippen molar-refractivity contribution in [3.8, 4) is 0 Å².